The number of nitrogens with zero attached hydrogens (tertiary/aromatic N) is 2. The van der Waals surface area contributed by atoms with Crippen molar-refractivity contribution in [2.45, 2.75) is 66.2 Å². The molecule has 0 spiro atoms. The van der Waals surface area contributed by atoms with Crippen molar-refractivity contribution in [2.75, 3.05) is 19.8 Å². The van der Waals surface area contributed by atoms with Gasteiger partial charge in [-0.3, -0.25) is 9.59 Å². The van der Waals surface area contributed by atoms with Crippen molar-refractivity contribution >= 4 is 11.6 Å². The molecule has 0 fully saturated rings. The van der Waals surface area contributed by atoms with Gasteiger partial charge < -0.3 is 14.2 Å². The molecule has 4 aromatic carbocycles. The van der Waals surface area contributed by atoms with Crippen molar-refractivity contribution in [2.24, 2.45) is 5.92 Å². The molecule has 0 bridgehead atoms. The SMILES string of the molecule is CCOc1nc(CC(=O)CCc2cc(F)cc(OCC(C)C)c2)ccc1-c1ccccc1.CCOc1nc(CC(=O)CCc2cccc(F)c2)ccc1-c1ccccc1. The number of aryl methyl sites for hydroxylation is 2. The number of carbonyl (C=O) groups excluding carboxylic acids is 2. The largest absolute Gasteiger partial charge is 0.493 e. The Morgan fingerprint density at radius 1 is 0.559 bits per heavy atom. The topological polar surface area (TPSA) is 87.6 Å². The molecular formula is C50H52F2N2O5. The Kier molecular flexibility index (Phi) is 16.9. The fourth-order valence-corrected chi connectivity index (χ4v) is 6.27. The van der Waals surface area contributed by atoms with Crippen LogP contribution in [0, 0.1) is 17.6 Å². The molecule has 0 unspecified atom stereocenters. The Hall–Kier alpha value is -6.22. The van der Waals surface area contributed by atoms with Crippen molar-refractivity contribution in [3.05, 3.63) is 162 Å². The quantitative estimate of drug-likeness (QED) is 0.0806. The number of aromatic nitrogens is 2. The predicted octanol–water partition coefficient (Wildman–Crippen LogP) is 11.1. The first kappa shape index (κ1) is 43.9. The summed E-state index contributed by atoms with van der Waals surface area (Å²) in [5.41, 5.74) is 6.78. The highest BCUT2D eigenvalue weighted by Gasteiger charge is 2.14. The second-order valence-corrected chi connectivity index (χ2v) is 14.5. The summed E-state index contributed by atoms with van der Waals surface area (Å²) in [4.78, 5) is 34.0. The van der Waals surface area contributed by atoms with Gasteiger partial charge >= 0.3 is 0 Å². The van der Waals surface area contributed by atoms with Gasteiger partial charge in [-0.2, -0.15) is 0 Å². The van der Waals surface area contributed by atoms with E-state index in [-0.39, 0.29) is 36.0 Å². The minimum atomic E-state index is -0.353. The smallest absolute Gasteiger partial charge is 0.221 e. The molecule has 0 aliphatic carbocycles. The number of rotatable bonds is 19. The Morgan fingerprint density at radius 3 is 1.56 bits per heavy atom. The second kappa shape index (κ2) is 22.6. The number of ether oxygens (including phenoxy) is 3. The molecule has 2 heterocycles. The van der Waals surface area contributed by atoms with E-state index in [4.69, 9.17) is 14.2 Å². The van der Waals surface area contributed by atoms with E-state index >= 15 is 0 Å². The number of halogens is 2. The van der Waals surface area contributed by atoms with Gasteiger partial charge in [0.15, 0.2) is 0 Å². The molecule has 0 atom stereocenters. The van der Waals surface area contributed by atoms with Gasteiger partial charge in [0, 0.05) is 42.9 Å². The van der Waals surface area contributed by atoms with Crippen molar-refractivity contribution in [1.82, 2.24) is 9.97 Å². The summed E-state index contributed by atoms with van der Waals surface area (Å²) in [6.45, 7) is 9.41. The number of hydrogen-bond donors (Lipinski definition) is 0. The lowest BCUT2D eigenvalue weighted by Gasteiger charge is -2.12. The minimum absolute atomic E-state index is 0.0429. The fourth-order valence-electron chi connectivity index (χ4n) is 6.27. The van der Waals surface area contributed by atoms with E-state index in [1.165, 1.54) is 24.3 Å². The van der Waals surface area contributed by atoms with Crippen molar-refractivity contribution in [3.8, 4) is 39.8 Å². The average Bonchev–Trinajstić information content (AvgIpc) is 3.23. The Morgan fingerprint density at radius 2 is 1.07 bits per heavy atom. The van der Waals surface area contributed by atoms with Crippen LogP contribution in [0.5, 0.6) is 17.5 Å². The molecular weight excluding hydrogens is 747 g/mol. The number of hydrogen-bond acceptors (Lipinski definition) is 7. The monoisotopic (exact) mass is 798 g/mol. The molecule has 0 radical (unpaired) electrons. The predicted molar refractivity (Wildman–Crippen MR) is 229 cm³/mol. The maximum Gasteiger partial charge on any atom is 0.221 e. The lowest BCUT2D eigenvalue weighted by Crippen LogP contribution is -2.08. The van der Waals surface area contributed by atoms with E-state index in [1.807, 2.05) is 119 Å². The normalized spacial score (nSPS) is 10.8. The zero-order valence-corrected chi connectivity index (χ0v) is 34.3. The maximum atomic E-state index is 13.9. The molecule has 0 N–H and O–H groups in total. The van der Waals surface area contributed by atoms with Gasteiger partial charge in [0.1, 0.15) is 29.0 Å². The number of benzene rings is 4. The van der Waals surface area contributed by atoms with E-state index in [1.54, 1.807) is 12.1 Å². The number of ketones is 2. The summed E-state index contributed by atoms with van der Waals surface area (Å²) < 4.78 is 44.2. The summed E-state index contributed by atoms with van der Waals surface area (Å²) in [6.07, 6.45) is 2.09. The number of carbonyl (C=O) groups is 2. The summed E-state index contributed by atoms with van der Waals surface area (Å²) in [6, 6.07) is 38.4. The van der Waals surface area contributed by atoms with Crippen LogP contribution in [-0.4, -0.2) is 41.4 Å². The molecule has 6 rings (SSSR count). The van der Waals surface area contributed by atoms with E-state index in [0.29, 0.717) is 80.3 Å². The minimum Gasteiger partial charge on any atom is -0.493 e. The van der Waals surface area contributed by atoms with Gasteiger partial charge in [-0.15, -0.1) is 0 Å². The molecule has 0 amide bonds. The highest BCUT2D eigenvalue weighted by atomic mass is 19.1. The van der Waals surface area contributed by atoms with Crippen LogP contribution in [0.15, 0.2) is 127 Å². The third-order valence-electron chi connectivity index (χ3n) is 9.11. The molecule has 9 heteroatoms. The van der Waals surface area contributed by atoms with Gasteiger partial charge in [0.2, 0.25) is 11.8 Å². The molecule has 0 saturated heterocycles. The Bertz CT molecular complexity index is 2260. The fraction of sp³-hybridized carbons (Fsp3) is 0.280. The Labute approximate surface area is 346 Å². The summed E-state index contributed by atoms with van der Waals surface area (Å²) in [5, 5.41) is 0. The van der Waals surface area contributed by atoms with E-state index in [2.05, 4.69) is 9.97 Å². The van der Waals surface area contributed by atoms with Crippen molar-refractivity contribution < 1.29 is 32.6 Å². The third kappa shape index (κ3) is 14.3. The Balaban J connectivity index is 0.000000227. The van der Waals surface area contributed by atoms with Crippen LogP contribution in [-0.2, 0) is 35.3 Å². The van der Waals surface area contributed by atoms with E-state index < -0.39 is 0 Å². The van der Waals surface area contributed by atoms with E-state index in [0.717, 1.165) is 33.4 Å². The first-order chi connectivity index (χ1) is 28.6. The average molecular weight is 799 g/mol. The molecule has 0 saturated carbocycles. The molecule has 2 aromatic heterocycles. The van der Waals surface area contributed by atoms with E-state index in [9.17, 15) is 18.4 Å². The van der Waals surface area contributed by atoms with Gasteiger partial charge in [0.25, 0.3) is 0 Å². The highest BCUT2D eigenvalue weighted by molar-refractivity contribution is 5.82. The van der Waals surface area contributed by atoms with Crippen molar-refractivity contribution in [3.63, 3.8) is 0 Å². The maximum absolute atomic E-state index is 13.9. The second-order valence-electron chi connectivity index (χ2n) is 14.5. The van der Waals surface area contributed by atoms with Crippen LogP contribution in [0.2, 0.25) is 0 Å². The summed E-state index contributed by atoms with van der Waals surface area (Å²) >= 11 is 0. The number of pyridine rings is 2. The van der Waals surface area contributed by atoms with Gasteiger partial charge in [-0.1, -0.05) is 86.6 Å². The molecule has 59 heavy (non-hydrogen) atoms. The molecule has 6 aromatic rings. The van der Waals surface area contributed by atoms with Gasteiger partial charge in [-0.25, -0.2) is 18.7 Å². The lowest BCUT2D eigenvalue weighted by molar-refractivity contribution is -0.119. The number of Topliss-reactive ketones (excluding diaryl/α,β-unsaturated/α-hetero) is 2. The van der Waals surface area contributed by atoms with Crippen LogP contribution in [0.1, 0.15) is 63.1 Å². The first-order valence-corrected chi connectivity index (χ1v) is 20.2. The van der Waals surface area contributed by atoms with Crippen LogP contribution < -0.4 is 14.2 Å². The van der Waals surface area contributed by atoms with Gasteiger partial charge in [0.05, 0.1) is 31.2 Å². The molecule has 0 aliphatic heterocycles. The van der Waals surface area contributed by atoms with Gasteiger partial charge in [-0.05, 0) is 103 Å². The van der Waals surface area contributed by atoms with Crippen molar-refractivity contribution in [1.29, 1.82) is 0 Å². The summed E-state index contributed by atoms with van der Waals surface area (Å²) in [5.74, 6) is 1.40. The highest BCUT2D eigenvalue weighted by Crippen LogP contribution is 2.30. The third-order valence-corrected chi connectivity index (χ3v) is 9.11. The summed E-state index contributed by atoms with van der Waals surface area (Å²) in [7, 11) is 0. The first-order valence-electron chi connectivity index (χ1n) is 20.2. The zero-order valence-electron chi connectivity index (χ0n) is 34.3. The van der Waals surface area contributed by atoms with Crippen LogP contribution in [0.4, 0.5) is 8.78 Å². The molecule has 0 aliphatic rings. The molecule has 306 valence electrons. The molecule has 7 nitrogen and oxygen atoms in total. The standard InChI is InChI=1S/C27H30FNO3.C23H22FNO2/c1-4-31-27-26(21-8-6-5-7-9-21)13-11-23(29-27)17-24(30)12-10-20-14-22(28)16-25(15-20)32-18-19(2)3;1-2-27-23-22(18-8-4-3-5-9-18)14-12-20(25-23)16-21(26)13-11-17-7-6-10-19(24)15-17/h5-9,11,13-16,19H,4,10,12,17-18H2,1-3H3;3-10,12,14-15H,2,11,13,16H2,1H3. The van der Waals surface area contributed by atoms with Crippen LogP contribution >= 0.6 is 0 Å². The van der Waals surface area contributed by atoms with Crippen LogP contribution in [0.3, 0.4) is 0 Å². The van der Waals surface area contributed by atoms with Crippen LogP contribution in [0.25, 0.3) is 22.3 Å². The zero-order chi connectivity index (χ0) is 42.0. The lowest BCUT2D eigenvalue weighted by atomic mass is 10.0.